The highest BCUT2D eigenvalue weighted by atomic mass is 16.5. The van der Waals surface area contributed by atoms with Crippen LogP contribution in [0.5, 0.6) is 0 Å². The highest BCUT2D eigenvalue weighted by molar-refractivity contribution is 5.76. The molecule has 2 fully saturated rings. The lowest BCUT2D eigenvalue weighted by Crippen LogP contribution is -2.38. The number of ether oxygens (including phenoxy) is 1. The van der Waals surface area contributed by atoms with E-state index in [-0.39, 0.29) is 18.1 Å². The van der Waals surface area contributed by atoms with Crippen LogP contribution in [0.3, 0.4) is 0 Å². The van der Waals surface area contributed by atoms with Gasteiger partial charge in [-0.2, -0.15) is 0 Å². The molecule has 1 atom stereocenters. The average molecular weight is 169 g/mol. The minimum atomic E-state index is -0.342. The lowest BCUT2D eigenvalue weighted by molar-refractivity contribution is -0.155. The third-order valence-electron chi connectivity index (χ3n) is 2.74. The molecular formula is C9H15NO2. The van der Waals surface area contributed by atoms with Crippen LogP contribution in [-0.2, 0) is 9.53 Å². The van der Waals surface area contributed by atoms with Crippen molar-refractivity contribution in [3.8, 4) is 0 Å². The van der Waals surface area contributed by atoms with E-state index in [1.54, 1.807) is 0 Å². The van der Waals surface area contributed by atoms with E-state index < -0.39 is 0 Å². The van der Waals surface area contributed by atoms with Crippen molar-refractivity contribution in [2.24, 2.45) is 11.7 Å². The summed E-state index contributed by atoms with van der Waals surface area (Å²) in [6, 6.07) is -0.342. The molecule has 0 saturated heterocycles. The van der Waals surface area contributed by atoms with E-state index in [1.165, 1.54) is 6.42 Å². The minimum absolute atomic E-state index is 0.179. The minimum Gasteiger partial charge on any atom is -0.461 e. The van der Waals surface area contributed by atoms with Crippen LogP contribution >= 0.6 is 0 Å². The van der Waals surface area contributed by atoms with Gasteiger partial charge in [0.05, 0.1) is 0 Å². The third-order valence-corrected chi connectivity index (χ3v) is 2.74. The van der Waals surface area contributed by atoms with E-state index in [1.807, 2.05) is 0 Å². The summed E-state index contributed by atoms with van der Waals surface area (Å²) in [7, 11) is 0. The topological polar surface area (TPSA) is 52.3 Å². The summed E-state index contributed by atoms with van der Waals surface area (Å²) in [6.45, 7) is 0. The van der Waals surface area contributed by atoms with E-state index in [9.17, 15) is 4.79 Å². The SMILES string of the molecule is NC(C(=O)OC1CCC1)C1CC1. The Hall–Kier alpha value is -0.570. The highest BCUT2D eigenvalue weighted by Gasteiger charge is 2.35. The maximum Gasteiger partial charge on any atom is 0.323 e. The summed E-state index contributed by atoms with van der Waals surface area (Å²) in [5.74, 6) is 0.236. The molecule has 0 amide bonds. The molecule has 2 aliphatic rings. The number of esters is 1. The molecule has 0 heterocycles. The first-order chi connectivity index (χ1) is 5.77. The number of nitrogens with two attached hydrogens (primary N) is 1. The zero-order valence-corrected chi connectivity index (χ0v) is 7.16. The van der Waals surface area contributed by atoms with Crippen LogP contribution in [-0.4, -0.2) is 18.1 Å². The summed E-state index contributed by atoms with van der Waals surface area (Å²) >= 11 is 0. The normalized spacial score (nSPS) is 26.1. The van der Waals surface area contributed by atoms with Gasteiger partial charge in [0.2, 0.25) is 0 Å². The fraction of sp³-hybridized carbons (Fsp3) is 0.889. The van der Waals surface area contributed by atoms with E-state index in [2.05, 4.69) is 0 Å². The second kappa shape index (κ2) is 3.05. The van der Waals surface area contributed by atoms with Crippen molar-refractivity contribution in [1.82, 2.24) is 0 Å². The van der Waals surface area contributed by atoms with Gasteiger partial charge in [0, 0.05) is 0 Å². The molecule has 0 bridgehead atoms. The predicted octanol–water partition coefficient (Wildman–Crippen LogP) is 0.819. The molecule has 1 unspecified atom stereocenters. The molecule has 2 N–H and O–H groups in total. The van der Waals surface area contributed by atoms with Gasteiger partial charge >= 0.3 is 5.97 Å². The molecule has 0 spiro atoms. The Bertz CT molecular complexity index is 185. The van der Waals surface area contributed by atoms with Crippen molar-refractivity contribution < 1.29 is 9.53 Å². The quantitative estimate of drug-likeness (QED) is 0.636. The van der Waals surface area contributed by atoms with Gasteiger partial charge in [-0.25, -0.2) is 0 Å². The van der Waals surface area contributed by atoms with Crippen molar-refractivity contribution in [1.29, 1.82) is 0 Å². The number of carbonyl (C=O) groups excluding carboxylic acids is 1. The van der Waals surface area contributed by atoms with Gasteiger partial charge in [-0.3, -0.25) is 4.79 Å². The largest absolute Gasteiger partial charge is 0.461 e. The van der Waals surface area contributed by atoms with E-state index in [0.717, 1.165) is 25.7 Å². The number of carbonyl (C=O) groups is 1. The second-order valence-electron chi connectivity index (χ2n) is 3.85. The molecule has 0 aromatic heterocycles. The Morgan fingerprint density at radius 3 is 2.42 bits per heavy atom. The molecule has 3 heteroatoms. The van der Waals surface area contributed by atoms with Crippen molar-refractivity contribution >= 4 is 5.97 Å². The first kappa shape index (κ1) is 8.05. The van der Waals surface area contributed by atoms with Gasteiger partial charge in [0.1, 0.15) is 12.1 Å². The maximum atomic E-state index is 11.3. The Kier molecular flexibility index (Phi) is 2.05. The monoisotopic (exact) mass is 169 g/mol. The molecule has 0 radical (unpaired) electrons. The van der Waals surface area contributed by atoms with Crippen molar-refractivity contribution in [3.05, 3.63) is 0 Å². The van der Waals surface area contributed by atoms with E-state index in [4.69, 9.17) is 10.5 Å². The van der Waals surface area contributed by atoms with Gasteiger partial charge in [0.15, 0.2) is 0 Å². The smallest absolute Gasteiger partial charge is 0.323 e. The Morgan fingerprint density at radius 1 is 1.33 bits per heavy atom. The molecule has 2 rings (SSSR count). The van der Waals surface area contributed by atoms with E-state index >= 15 is 0 Å². The molecule has 68 valence electrons. The molecule has 12 heavy (non-hydrogen) atoms. The van der Waals surface area contributed by atoms with Gasteiger partial charge < -0.3 is 10.5 Å². The van der Waals surface area contributed by atoms with Crippen LogP contribution < -0.4 is 5.73 Å². The van der Waals surface area contributed by atoms with Gasteiger partial charge in [-0.15, -0.1) is 0 Å². The summed E-state index contributed by atoms with van der Waals surface area (Å²) in [6.07, 6.45) is 5.63. The average Bonchev–Trinajstić information content (AvgIpc) is 2.77. The van der Waals surface area contributed by atoms with Gasteiger partial charge in [0.25, 0.3) is 0 Å². The Labute approximate surface area is 72.3 Å². The molecule has 2 aliphatic carbocycles. The van der Waals surface area contributed by atoms with Crippen molar-refractivity contribution in [3.63, 3.8) is 0 Å². The second-order valence-corrected chi connectivity index (χ2v) is 3.85. The van der Waals surface area contributed by atoms with Crippen LogP contribution in [0.25, 0.3) is 0 Å². The molecular weight excluding hydrogens is 154 g/mol. The third kappa shape index (κ3) is 1.61. The molecule has 0 aliphatic heterocycles. The number of hydrogen-bond donors (Lipinski definition) is 1. The van der Waals surface area contributed by atoms with Crippen molar-refractivity contribution in [2.75, 3.05) is 0 Å². The lowest BCUT2D eigenvalue weighted by Gasteiger charge is -2.26. The van der Waals surface area contributed by atoms with E-state index in [0.29, 0.717) is 5.92 Å². The van der Waals surface area contributed by atoms with Crippen LogP contribution in [0.2, 0.25) is 0 Å². The van der Waals surface area contributed by atoms with Crippen LogP contribution in [0.15, 0.2) is 0 Å². The summed E-state index contributed by atoms with van der Waals surface area (Å²) in [4.78, 5) is 11.3. The molecule has 0 aromatic rings. The predicted molar refractivity (Wildman–Crippen MR) is 44.4 cm³/mol. The summed E-state index contributed by atoms with van der Waals surface area (Å²) in [5.41, 5.74) is 5.68. The number of hydrogen-bond acceptors (Lipinski definition) is 3. The highest BCUT2D eigenvalue weighted by Crippen LogP contribution is 2.33. The number of rotatable bonds is 3. The Balaban J connectivity index is 1.74. The van der Waals surface area contributed by atoms with Gasteiger partial charge in [-0.1, -0.05) is 0 Å². The van der Waals surface area contributed by atoms with Crippen LogP contribution in [0.4, 0.5) is 0 Å². The standard InChI is InChI=1S/C9H15NO2/c10-8(6-4-5-6)9(11)12-7-2-1-3-7/h6-8H,1-5,10H2. The Morgan fingerprint density at radius 2 is 2.00 bits per heavy atom. The molecule has 2 saturated carbocycles. The lowest BCUT2D eigenvalue weighted by atomic mass is 9.96. The fourth-order valence-corrected chi connectivity index (χ4v) is 1.38. The first-order valence-corrected chi connectivity index (χ1v) is 4.73. The fourth-order valence-electron chi connectivity index (χ4n) is 1.38. The van der Waals surface area contributed by atoms with Crippen LogP contribution in [0.1, 0.15) is 32.1 Å². The summed E-state index contributed by atoms with van der Waals surface area (Å²) < 4.78 is 5.19. The van der Waals surface area contributed by atoms with Crippen molar-refractivity contribution in [2.45, 2.75) is 44.2 Å². The summed E-state index contributed by atoms with van der Waals surface area (Å²) in [5, 5.41) is 0. The van der Waals surface area contributed by atoms with Crippen LogP contribution in [0, 0.1) is 5.92 Å². The zero-order valence-electron chi connectivity index (χ0n) is 7.16. The zero-order chi connectivity index (χ0) is 8.55. The van der Waals surface area contributed by atoms with Gasteiger partial charge in [-0.05, 0) is 38.0 Å². The first-order valence-electron chi connectivity index (χ1n) is 4.73. The molecule has 3 nitrogen and oxygen atoms in total. The molecule has 0 aromatic carbocycles. The maximum absolute atomic E-state index is 11.3.